The van der Waals surface area contributed by atoms with Crippen molar-refractivity contribution in [2.24, 2.45) is 9.98 Å². The van der Waals surface area contributed by atoms with Crippen molar-refractivity contribution in [1.29, 1.82) is 0 Å². The van der Waals surface area contributed by atoms with Crippen molar-refractivity contribution in [2.75, 3.05) is 13.2 Å². The van der Waals surface area contributed by atoms with Crippen LogP contribution in [0.4, 0.5) is 5.00 Å². The van der Waals surface area contributed by atoms with E-state index < -0.39 is 6.10 Å². The van der Waals surface area contributed by atoms with E-state index in [0.29, 0.717) is 24.0 Å². The van der Waals surface area contributed by atoms with Crippen LogP contribution in [0.25, 0.3) is 0 Å². The number of carbonyl (C=O) groups is 1. The first-order valence-electron chi connectivity index (χ1n) is 8.46. The third kappa shape index (κ3) is 4.08. The van der Waals surface area contributed by atoms with Crippen LogP contribution in [0.2, 0.25) is 5.02 Å². The van der Waals surface area contributed by atoms with Gasteiger partial charge < -0.3 is 4.74 Å². The summed E-state index contributed by atoms with van der Waals surface area (Å²) in [4.78, 5) is 21.5. The second-order valence-corrected chi connectivity index (χ2v) is 8.91. The van der Waals surface area contributed by atoms with E-state index in [4.69, 9.17) is 21.3 Å². The SMILES string of the molecule is O=C(NNC1=Nc2sc(Br)cc2C(c2ccccc2Cl)=NC1)C1CCCO1. The van der Waals surface area contributed by atoms with Gasteiger partial charge in [0.25, 0.3) is 5.91 Å². The number of halogens is 2. The van der Waals surface area contributed by atoms with Crippen LogP contribution in [0.3, 0.4) is 0 Å². The van der Waals surface area contributed by atoms with Crippen molar-refractivity contribution in [1.82, 2.24) is 10.9 Å². The van der Waals surface area contributed by atoms with Crippen LogP contribution in [0.1, 0.15) is 24.0 Å². The maximum absolute atomic E-state index is 12.1. The third-order valence-electron chi connectivity index (χ3n) is 4.24. The summed E-state index contributed by atoms with van der Waals surface area (Å²) in [6, 6.07) is 9.58. The molecular weight excluding hydrogens is 452 g/mol. The quantitative estimate of drug-likeness (QED) is 0.659. The lowest BCUT2D eigenvalue weighted by Gasteiger charge is -2.12. The Kier molecular flexibility index (Phi) is 5.58. The highest BCUT2D eigenvalue weighted by Gasteiger charge is 2.24. The monoisotopic (exact) mass is 466 g/mol. The molecule has 27 heavy (non-hydrogen) atoms. The lowest BCUT2D eigenvalue weighted by Crippen LogP contribution is -2.47. The van der Waals surface area contributed by atoms with Gasteiger partial charge in [-0.25, -0.2) is 4.99 Å². The van der Waals surface area contributed by atoms with Crippen molar-refractivity contribution in [2.45, 2.75) is 18.9 Å². The molecule has 1 unspecified atom stereocenters. The molecule has 1 atom stereocenters. The third-order valence-corrected chi connectivity index (χ3v) is 6.10. The number of hydrazine groups is 1. The number of nitrogens with one attached hydrogen (secondary N) is 2. The van der Waals surface area contributed by atoms with E-state index in [1.165, 1.54) is 11.3 Å². The minimum Gasteiger partial charge on any atom is -0.368 e. The molecule has 6 nitrogen and oxygen atoms in total. The van der Waals surface area contributed by atoms with E-state index in [1.807, 2.05) is 30.3 Å². The zero-order valence-electron chi connectivity index (χ0n) is 14.2. The molecular formula is C18H16BrClN4O2S. The van der Waals surface area contributed by atoms with E-state index >= 15 is 0 Å². The first-order valence-corrected chi connectivity index (χ1v) is 10.4. The van der Waals surface area contributed by atoms with Crippen LogP contribution >= 0.6 is 38.9 Å². The minimum absolute atomic E-state index is 0.192. The number of aliphatic imine (C=N–C) groups is 2. The Morgan fingerprint density at radius 2 is 2.19 bits per heavy atom. The van der Waals surface area contributed by atoms with Crippen LogP contribution < -0.4 is 10.9 Å². The van der Waals surface area contributed by atoms with Crippen molar-refractivity contribution in [3.63, 3.8) is 0 Å². The summed E-state index contributed by atoms with van der Waals surface area (Å²) in [5, 5.41) is 1.43. The maximum Gasteiger partial charge on any atom is 0.267 e. The molecule has 1 saturated heterocycles. The summed E-state index contributed by atoms with van der Waals surface area (Å²) in [6.45, 7) is 0.919. The van der Waals surface area contributed by atoms with E-state index in [1.54, 1.807) is 0 Å². The molecule has 1 aromatic heterocycles. The van der Waals surface area contributed by atoms with Crippen molar-refractivity contribution >= 4 is 61.3 Å². The molecule has 2 N–H and O–H groups in total. The van der Waals surface area contributed by atoms with Gasteiger partial charge in [0, 0.05) is 22.8 Å². The highest BCUT2D eigenvalue weighted by atomic mass is 79.9. The Balaban J connectivity index is 1.59. The Morgan fingerprint density at radius 1 is 1.33 bits per heavy atom. The molecule has 0 saturated carbocycles. The molecule has 1 fully saturated rings. The molecule has 2 aliphatic heterocycles. The summed E-state index contributed by atoms with van der Waals surface area (Å²) in [5.74, 6) is 0.362. The zero-order valence-corrected chi connectivity index (χ0v) is 17.3. The maximum atomic E-state index is 12.1. The van der Waals surface area contributed by atoms with Crippen LogP contribution in [-0.2, 0) is 9.53 Å². The van der Waals surface area contributed by atoms with E-state index in [-0.39, 0.29) is 5.91 Å². The van der Waals surface area contributed by atoms with Gasteiger partial charge in [-0.05, 0) is 40.9 Å². The number of benzene rings is 1. The van der Waals surface area contributed by atoms with Crippen LogP contribution in [0.15, 0.2) is 44.1 Å². The lowest BCUT2D eigenvalue weighted by atomic mass is 10.0. The second kappa shape index (κ2) is 8.10. The molecule has 2 aliphatic rings. The standard InChI is InChI=1S/C18H16BrClN4O2S/c19-14-8-11-16(10-4-1-2-5-12(10)20)21-9-15(22-18(11)27-14)23-24-17(25)13-6-3-7-26-13/h1-2,4-5,8,13H,3,6-7,9H2,(H,22,23)(H,24,25). The van der Waals surface area contributed by atoms with Crippen LogP contribution in [0.5, 0.6) is 0 Å². The molecule has 4 rings (SSSR count). The van der Waals surface area contributed by atoms with Crippen molar-refractivity contribution in [3.8, 4) is 0 Å². The number of ether oxygens (including phenoxy) is 1. The minimum atomic E-state index is -0.405. The molecule has 0 spiro atoms. The Hall–Kier alpha value is -1.74. The van der Waals surface area contributed by atoms with Crippen LogP contribution in [0, 0.1) is 0 Å². The van der Waals surface area contributed by atoms with Gasteiger partial charge in [0.15, 0.2) is 0 Å². The number of carbonyl (C=O) groups excluding carboxylic acids is 1. The van der Waals surface area contributed by atoms with Gasteiger partial charge in [-0.1, -0.05) is 29.8 Å². The molecule has 0 radical (unpaired) electrons. The molecule has 140 valence electrons. The number of rotatable bonds is 2. The van der Waals surface area contributed by atoms with E-state index in [9.17, 15) is 4.79 Å². The summed E-state index contributed by atoms with van der Waals surface area (Å²) in [5.41, 5.74) is 8.11. The fourth-order valence-corrected chi connectivity index (χ4v) is 4.65. The predicted octanol–water partition coefficient (Wildman–Crippen LogP) is 3.84. The Labute approximate surface area is 173 Å². The first-order chi connectivity index (χ1) is 13.1. The van der Waals surface area contributed by atoms with Gasteiger partial charge in [0.2, 0.25) is 0 Å². The normalized spacial score (nSPS) is 19.0. The number of amides is 1. The average Bonchev–Trinajstić information content (AvgIpc) is 3.28. The highest BCUT2D eigenvalue weighted by Crippen LogP contribution is 2.38. The molecule has 0 bridgehead atoms. The fraction of sp³-hybridized carbons (Fsp3) is 0.278. The van der Waals surface area contributed by atoms with Crippen LogP contribution in [-0.4, -0.2) is 36.7 Å². The van der Waals surface area contributed by atoms with Gasteiger partial charge in [-0.15, -0.1) is 11.3 Å². The Morgan fingerprint density at radius 3 is 2.96 bits per heavy atom. The van der Waals surface area contributed by atoms with E-state index in [0.717, 1.165) is 38.5 Å². The number of nitrogens with zero attached hydrogens (tertiary/aromatic N) is 2. The average molecular weight is 468 g/mol. The molecule has 0 aliphatic carbocycles. The van der Waals surface area contributed by atoms with Gasteiger partial charge >= 0.3 is 0 Å². The molecule has 1 amide bonds. The van der Waals surface area contributed by atoms with E-state index in [2.05, 4.69) is 31.8 Å². The highest BCUT2D eigenvalue weighted by molar-refractivity contribution is 9.11. The summed E-state index contributed by atoms with van der Waals surface area (Å²) < 4.78 is 6.33. The summed E-state index contributed by atoms with van der Waals surface area (Å²) in [7, 11) is 0. The smallest absolute Gasteiger partial charge is 0.267 e. The van der Waals surface area contributed by atoms with Gasteiger partial charge in [-0.2, -0.15) is 0 Å². The van der Waals surface area contributed by atoms with Gasteiger partial charge in [0.05, 0.1) is 16.0 Å². The number of fused-ring (bicyclic) bond motifs is 1. The predicted molar refractivity (Wildman–Crippen MR) is 111 cm³/mol. The topological polar surface area (TPSA) is 75.1 Å². The van der Waals surface area contributed by atoms with Crippen molar-refractivity contribution < 1.29 is 9.53 Å². The summed E-state index contributed by atoms with van der Waals surface area (Å²) in [6.07, 6.45) is 1.23. The number of hydrogen-bond acceptors (Lipinski definition) is 6. The van der Waals surface area contributed by atoms with Gasteiger partial charge in [0.1, 0.15) is 16.9 Å². The Bertz CT molecular complexity index is 937. The number of thiophene rings is 1. The largest absolute Gasteiger partial charge is 0.368 e. The number of hydrogen-bond donors (Lipinski definition) is 2. The second-order valence-electron chi connectivity index (χ2n) is 6.09. The molecule has 9 heteroatoms. The van der Waals surface area contributed by atoms with Gasteiger partial charge in [-0.3, -0.25) is 20.6 Å². The fourth-order valence-electron chi connectivity index (χ4n) is 2.95. The molecule has 2 aromatic rings. The number of amidine groups is 1. The molecule has 3 heterocycles. The molecule has 1 aromatic carbocycles. The first kappa shape index (κ1) is 18.6. The zero-order chi connectivity index (χ0) is 18.8. The lowest BCUT2D eigenvalue weighted by molar-refractivity contribution is -0.130. The summed E-state index contributed by atoms with van der Waals surface area (Å²) >= 11 is 11.4. The van der Waals surface area contributed by atoms with Crippen molar-refractivity contribution in [3.05, 3.63) is 50.3 Å².